The number of nitrogens with two attached hydrogens (primary N) is 1. The van der Waals surface area contributed by atoms with Gasteiger partial charge in [0.15, 0.2) is 0 Å². The van der Waals surface area contributed by atoms with E-state index in [-0.39, 0.29) is 16.1 Å². The highest BCUT2D eigenvalue weighted by atomic mass is 35.5. The molecule has 1 heterocycles. The lowest BCUT2D eigenvalue weighted by atomic mass is 9.95. The molecule has 1 aromatic heterocycles. The normalized spacial score (nSPS) is 11.5. The average Bonchev–Trinajstić information content (AvgIpc) is 2.37. The highest BCUT2D eigenvalue weighted by molar-refractivity contribution is 6.33. The molecule has 0 saturated carbocycles. The molecule has 0 aliphatic heterocycles. The SMILES string of the molecule is Cc1c(N)nc(C(C)(C)C)nc1Nc1c(F)cccc1Cl. The van der Waals surface area contributed by atoms with Crippen LogP contribution < -0.4 is 11.1 Å². The van der Waals surface area contributed by atoms with Gasteiger partial charge in [0.1, 0.15) is 23.3 Å². The summed E-state index contributed by atoms with van der Waals surface area (Å²) in [6.45, 7) is 7.73. The molecule has 0 unspecified atom stereocenters. The fourth-order valence-electron chi connectivity index (χ4n) is 1.73. The molecule has 0 amide bonds. The highest BCUT2D eigenvalue weighted by Gasteiger charge is 2.21. The second-order valence-electron chi connectivity index (χ2n) is 5.88. The molecule has 6 heteroatoms. The zero-order valence-corrected chi connectivity index (χ0v) is 13.2. The van der Waals surface area contributed by atoms with Crippen LogP contribution in [0.25, 0.3) is 0 Å². The van der Waals surface area contributed by atoms with Gasteiger partial charge >= 0.3 is 0 Å². The molecule has 21 heavy (non-hydrogen) atoms. The number of aromatic nitrogens is 2. The second-order valence-corrected chi connectivity index (χ2v) is 6.28. The third-order valence-corrected chi connectivity index (χ3v) is 3.38. The Morgan fingerprint density at radius 2 is 1.90 bits per heavy atom. The Labute approximate surface area is 128 Å². The van der Waals surface area contributed by atoms with Crippen LogP contribution in [-0.4, -0.2) is 9.97 Å². The van der Waals surface area contributed by atoms with E-state index in [1.807, 2.05) is 20.8 Å². The molecule has 0 radical (unpaired) electrons. The fraction of sp³-hybridized carbons (Fsp3) is 0.333. The predicted molar refractivity (Wildman–Crippen MR) is 84.6 cm³/mol. The number of benzene rings is 1. The van der Waals surface area contributed by atoms with Crippen LogP contribution in [0.2, 0.25) is 5.02 Å². The van der Waals surface area contributed by atoms with Gasteiger partial charge in [-0.25, -0.2) is 14.4 Å². The summed E-state index contributed by atoms with van der Waals surface area (Å²) in [5, 5.41) is 3.21. The van der Waals surface area contributed by atoms with Crippen LogP contribution >= 0.6 is 11.6 Å². The summed E-state index contributed by atoms with van der Waals surface area (Å²) in [5.41, 5.74) is 6.50. The number of nitrogens with zero attached hydrogens (tertiary/aromatic N) is 2. The van der Waals surface area contributed by atoms with Gasteiger partial charge in [-0.3, -0.25) is 0 Å². The Morgan fingerprint density at radius 1 is 1.24 bits per heavy atom. The summed E-state index contributed by atoms with van der Waals surface area (Å²) in [5.74, 6) is 0.960. The molecule has 0 spiro atoms. The predicted octanol–water partition coefficient (Wildman–Crippen LogP) is 4.20. The second kappa shape index (κ2) is 5.48. The molecule has 0 atom stereocenters. The topological polar surface area (TPSA) is 63.8 Å². The molecule has 0 bridgehead atoms. The lowest BCUT2D eigenvalue weighted by molar-refractivity contribution is 0.546. The number of anilines is 3. The summed E-state index contributed by atoms with van der Waals surface area (Å²) in [7, 11) is 0. The lowest BCUT2D eigenvalue weighted by Gasteiger charge is -2.20. The Hall–Kier alpha value is -1.88. The van der Waals surface area contributed by atoms with Crippen molar-refractivity contribution in [2.24, 2.45) is 0 Å². The van der Waals surface area contributed by atoms with Crippen LogP contribution in [0.5, 0.6) is 0 Å². The van der Waals surface area contributed by atoms with Crippen molar-refractivity contribution >= 4 is 28.9 Å². The first-order valence-corrected chi connectivity index (χ1v) is 6.93. The average molecular weight is 309 g/mol. The van der Waals surface area contributed by atoms with E-state index < -0.39 is 5.82 Å². The van der Waals surface area contributed by atoms with Crippen LogP contribution in [0.1, 0.15) is 32.2 Å². The van der Waals surface area contributed by atoms with Gasteiger partial charge in [0, 0.05) is 11.0 Å². The number of hydrogen-bond donors (Lipinski definition) is 2. The molecule has 1 aromatic carbocycles. The van der Waals surface area contributed by atoms with Gasteiger partial charge in [0.2, 0.25) is 0 Å². The maximum atomic E-state index is 13.9. The molecule has 0 aliphatic carbocycles. The molecule has 3 N–H and O–H groups in total. The fourth-order valence-corrected chi connectivity index (χ4v) is 1.94. The van der Waals surface area contributed by atoms with Crippen molar-refractivity contribution in [1.29, 1.82) is 0 Å². The first kappa shape index (κ1) is 15.5. The van der Waals surface area contributed by atoms with E-state index in [0.29, 0.717) is 23.0 Å². The van der Waals surface area contributed by atoms with E-state index in [0.717, 1.165) is 0 Å². The van der Waals surface area contributed by atoms with Crippen molar-refractivity contribution in [3.63, 3.8) is 0 Å². The molecule has 2 rings (SSSR count). The largest absolute Gasteiger partial charge is 0.383 e. The Balaban J connectivity index is 2.52. The smallest absolute Gasteiger partial charge is 0.148 e. The number of rotatable bonds is 2. The quantitative estimate of drug-likeness (QED) is 0.872. The van der Waals surface area contributed by atoms with Crippen LogP contribution in [0.15, 0.2) is 18.2 Å². The van der Waals surface area contributed by atoms with Crippen LogP contribution in [-0.2, 0) is 5.41 Å². The van der Waals surface area contributed by atoms with Crippen LogP contribution in [0, 0.1) is 12.7 Å². The first-order valence-electron chi connectivity index (χ1n) is 6.56. The van der Waals surface area contributed by atoms with E-state index in [1.54, 1.807) is 19.1 Å². The van der Waals surface area contributed by atoms with Gasteiger partial charge < -0.3 is 11.1 Å². The third-order valence-electron chi connectivity index (χ3n) is 3.06. The molecular formula is C15H18ClFN4. The Kier molecular flexibility index (Phi) is 4.05. The van der Waals surface area contributed by atoms with Gasteiger partial charge in [-0.15, -0.1) is 0 Å². The minimum Gasteiger partial charge on any atom is -0.383 e. The molecule has 112 valence electrons. The zero-order valence-electron chi connectivity index (χ0n) is 12.5. The van der Waals surface area contributed by atoms with Gasteiger partial charge in [-0.05, 0) is 19.1 Å². The van der Waals surface area contributed by atoms with Crippen molar-refractivity contribution in [3.05, 3.63) is 40.4 Å². The molecule has 0 aliphatic rings. The summed E-state index contributed by atoms with van der Waals surface area (Å²) in [6.07, 6.45) is 0. The summed E-state index contributed by atoms with van der Waals surface area (Å²) < 4.78 is 13.9. The summed E-state index contributed by atoms with van der Waals surface area (Å²) in [4.78, 5) is 8.75. The van der Waals surface area contributed by atoms with Crippen molar-refractivity contribution in [1.82, 2.24) is 9.97 Å². The van der Waals surface area contributed by atoms with Crippen LogP contribution in [0.3, 0.4) is 0 Å². The number of nitrogen functional groups attached to an aromatic ring is 1. The maximum Gasteiger partial charge on any atom is 0.148 e. The first-order chi connectivity index (χ1) is 9.70. The number of halogens is 2. The van der Waals surface area contributed by atoms with E-state index in [1.165, 1.54) is 6.07 Å². The molecule has 0 fully saturated rings. The van der Waals surface area contributed by atoms with Crippen molar-refractivity contribution in [2.45, 2.75) is 33.1 Å². The molecule has 0 saturated heterocycles. The van der Waals surface area contributed by atoms with Gasteiger partial charge in [0.05, 0.1) is 10.7 Å². The minimum atomic E-state index is -0.448. The van der Waals surface area contributed by atoms with Crippen molar-refractivity contribution in [3.8, 4) is 0 Å². The standard InChI is InChI=1S/C15H18ClFN4/c1-8-12(18)20-14(15(2,3)4)21-13(8)19-11-9(16)6-5-7-10(11)17/h5-7H,1-4H3,(H3,18,19,20,21). The van der Waals surface area contributed by atoms with Crippen LogP contribution in [0.4, 0.5) is 21.7 Å². The number of nitrogens with one attached hydrogen (secondary N) is 1. The number of para-hydroxylation sites is 1. The zero-order chi connectivity index (χ0) is 15.8. The summed E-state index contributed by atoms with van der Waals surface area (Å²) in [6, 6.07) is 4.49. The molecular weight excluding hydrogens is 291 g/mol. The molecule has 2 aromatic rings. The van der Waals surface area contributed by atoms with Crippen molar-refractivity contribution < 1.29 is 4.39 Å². The Bertz CT molecular complexity index is 660. The van der Waals surface area contributed by atoms with E-state index >= 15 is 0 Å². The number of hydrogen-bond acceptors (Lipinski definition) is 4. The molecule has 4 nitrogen and oxygen atoms in total. The lowest BCUT2D eigenvalue weighted by Crippen LogP contribution is -2.19. The minimum absolute atomic E-state index is 0.181. The van der Waals surface area contributed by atoms with E-state index in [4.69, 9.17) is 17.3 Å². The summed E-state index contributed by atoms with van der Waals surface area (Å²) >= 11 is 6.02. The monoisotopic (exact) mass is 308 g/mol. The van der Waals surface area contributed by atoms with E-state index in [9.17, 15) is 4.39 Å². The van der Waals surface area contributed by atoms with E-state index in [2.05, 4.69) is 15.3 Å². The maximum absolute atomic E-state index is 13.9. The van der Waals surface area contributed by atoms with Gasteiger partial charge in [-0.2, -0.15) is 0 Å². The third kappa shape index (κ3) is 3.24. The highest BCUT2D eigenvalue weighted by Crippen LogP contribution is 2.31. The van der Waals surface area contributed by atoms with Crippen molar-refractivity contribution in [2.75, 3.05) is 11.1 Å². The van der Waals surface area contributed by atoms with Gasteiger partial charge in [-0.1, -0.05) is 38.4 Å². The van der Waals surface area contributed by atoms with Gasteiger partial charge in [0.25, 0.3) is 0 Å². The Morgan fingerprint density at radius 3 is 2.48 bits per heavy atom.